The maximum atomic E-state index is 11.1. The second kappa shape index (κ2) is 5.70. The lowest BCUT2D eigenvalue weighted by atomic mass is 10.2. The molecule has 0 saturated heterocycles. The first-order valence-corrected chi connectivity index (χ1v) is 6.63. The molecule has 0 spiro atoms. The van der Waals surface area contributed by atoms with Crippen molar-refractivity contribution in [2.24, 2.45) is 5.11 Å². The molecule has 0 radical (unpaired) electrons. The van der Waals surface area contributed by atoms with Crippen molar-refractivity contribution in [1.29, 1.82) is 0 Å². The van der Waals surface area contributed by atoms with E-state index in [4.69, 9.17) is 15.4 Å². The predicted octanol–water partition coefficient (Wildman–Crippen LogP) is 4.60. The maximum Gasteiger partial charge on any atom is 0.415 e. The standard InChI is InChI=1S/C15H11N5O3/c1-9-13(4-6-17-14(9)18-19-16)23-11-2-3-12-10(8-11)5-7-20(12)15(21)22/h2-8H,1H3,(H,21,22). The summed E-state index contributed by atoms with van der Waals surface area (Å²) >= 11 is 0. The summed E-state index contributed by atoms with van der Waals surface area (Å²) in [5.41, 5.74) is 9.71. The Hall–Kier alpha value is -3.51. The van der Waals surface area contributed by atoms with Crippen LogP contribution in [0, 0.1) is 6.92 Å². The van der Waals surface area contributed by atoms with Crippen molar-refractivity contribution in [2.45, 2.75) is 6.92 Å². The molecular weight excluding hydrogens is 298 g/mol. The second-order valence-corrected chi connectivity index (χ2v) is 4.74. The van der Waals surface area contributed by atoms with Gasteiger partial charge >= 0.3 is 6.09 Å². The number of fused-ring (bicyclic) bond motifs is 1. The minimum atomic E-state index is -1.04. The number of aromatic nitrogens is 2. The van der Waals surface area contributed by atoms with Gasteiger partial charge in [-0.15, -0.1) is 0 Å². The molecule has 23 heavy (non-hydrogen) atoms. The first-order valence-electron chi connectivity index (χ1n) is 6.63. The molecule has 1 N–H and O–H groups in total. The summed E-state index contributed by atoms with van der Waals surface area (Å²) in [7, 11) is 0. The number of hydrogen-bond acceptors (Lipinski definition) is 4. The Labute approximate surface area is 130 Å². The van der Waals surface area contributed by atoms with Gasteiger partial charge in [-0.3, -0.25) is 9.55 Å². The van der Waals surface area contributed by atoms with Crippen LogP contribution in [0.3, 0.4) is 0 Å². The molecule has 0 amide bonds. The normalized spacial score (nSPS) is 10.3. The Balaban J connectivity index is 1.98. The SMILES string of the molecule is Cc1c(Oc2ccc3c(ccn3C(=O)O)c2)ccnc1N=[N+]=[N-]. The number of carbonyl (C=O) groups is 1. The number of carboxylic acid groups (broad SMARTS) is 1. The molecule has 0 bridgehead atoms. The molecule has 0 aliphatic carbocycles. The molecule has 0 fully saturated rings. The zero-order valence-electron chi connectivity index (χ0n) is 12.0. The number of ether oxygens (including phenoxy) is 1. The summed E-state index contributed by atoms with van der Waals surface area (Å²) in [6.07, 6.45) is 1.93. The van der Waals surface area contributed by atoms with E-state index < -0.39 is 6.09 Å². The van der Waals surface area contributed by atoms with Crippen molar-refractivity contribution >= 4 is 22.8 Å². The fourth-order valence-corrected chi connectivity index (χ4v) is 2.24. The van der Waals surface area contributed by atoms with Crippen LogP contribution in [-0.4, -0.2) is 20.8 Å². The molecule has 0 atom stereocenters. The highest BCUT2D eigenvalue weighted by atomic mass is 16.5. The minimum Gasteiger partial charge on any atom is -0.464 e. The van der Waals surface area contributed by atoms with Gasteiger partial charge < -0.3 is 9.84 Å². The van der Waals surface area contributed by atoms with Crippen LogP contribution in [0.2, 0.25) is 0 Å². The van der Waals surface area contributed by atoms with Crippen LogP contribution in [0.4, 0.5) is 10.6 Å². The van der Waals surface area contributed by atoms with Crippen LogP contribution in [-0.2, 0) is 0 Å². The maximum absolute atomic E-state index is 11.1. The number of rotatable bonds is 3. The van der Waals surface area contributed by atoms with Gasteiger partial charge in [0.2, 0.25) is 0 Å². The third-order valence-corrected chi connectivity index (χ3v) is 3.36. The van der Waals surface area contributed by atoms with E-state index >= 15 is 0 Å². The smallest absolute Gasteiger partial charge is 0.415 e. The fraction of sp³-hybridized carbons (Fsp3) is 0.0667. The Morgan fingerprint density at radius 1 is 1.39 bits per heavy atom. The number of nitrogens with zero attached hydrogens (tertiary/aromatic N) is 5. The van der Waals surface area contributed by atoms with Crippen molar-refractivity contribution in [3.63, 3.8) is 0 Å². The Morgan fingerprint density at radius 3 is 2.96 bits per heavy atom. The molecule has 8 heteroatoms. The second-order valence-electron chi connectivity index (χ2n) is 4.74. The third kappa shape index (κ3) is 2.66. The highest BCUT2D eigenvalue weighted by Crippen LogP contribution is 2.31. The summed E-state index contributed by atoms with van der Waals surface area (Å²) in [6, 6.07) is 8.44. The van der Waals surface area contributed by atoms with Gasteiger partial charge in [-0.2, -0.15) is 0 Å². The highest BCUT2D eigenvalue weighted by molar-refractivity contribution is 5.89. The summed E-state index contributed by atoms with van der Waals surface area (Å²) in [6.45, 7) is 1.74. The zero-order valence-corrected chi connectivity index (χ0v) is 12.0. The topological polar surface area (TPSA) is 113 Å². The molecule has 114 valence electrons. The number of pyridine rings is 1. The first-order chi connectivity index (χ1) is 11.1. The van der Waals surface area contributed by atoms with Gasteiger partial charge in [0.15, 0.2) is 0 Å². The largest absolute Gasteiger partial charge is 0.464 e. The van der Waals surface area contributed by atoms with Gasteiger partial charge in [0.1, 0.15) is 17.3 Å². The molecular formula is C15H11N5O3. The third-order valence-electron chi connectivity index (χ3n) is 3.36. The van der Waals surface area contributed by atoms with E-state index in [1.807, 2.05) is 0 Å². The van der Waals surface area contributed by atoms with Crippen LogP contribution < -0.4 is 4.74 Å². The molecule has 0 aliphatic heterocycles. The van der Waals surface area contributed by atoms with E-state index in [0.717, 1.165) is 9.95 Å². The van der Waals surface area contributed by atoms with Gasteiger partial charge in [0, 0.05) is 28.3 Å². The Kier molecular flexibility index (Phi) is 3.58. The number of benzene rings is 1. The predicted molar refractivity (Wildman–Crippen MR) is 83.2 cm³/mol. The van der Waals surface area contributed by atoms with Crippen LogP contribution in [0.5, 0.6) is 11.5 Å². The van der Waals surface area contributed by atoms with Crippen molar-refractivity contribution in [2.75, 3.05) is 0 Å². The Morgan fingerprint density at radius 2 is 2.22 bits per heavy atom. The van der Waals surface area contributed by atoms with E-state index in [2.05, 4.69) is 15.0 Å². The Bertz CT molecular complexity index is 957. The molecule has 0 unspecified atom stereocenters. The summed E-state index contributed by atoms with van der Waals surface area (Å²) < 4.78 is 6.93. The highest BCUT2D eigenvalue weighted by Gasteiger charge is 2.10. The van der Waals surface area contributed by atoms with Crippen LogP contribution in [0.25, 0.3) is 21.3 Å². The van der Waals surface area contributed by atoms with E-state index in [0.29, 0.717) is 22.6 Å². The van der Waals surface area contributed by atoms with Crippen molar-refractivity contribution in [1.82, 2.24) is 9.55 Å². The van der Waals surface area contributed by atoms with Crippen LogP contribution >= 0.6 is 0 Å². The minimum absolute atomic E-state index is 0.253. The van der Waals surface area contributed by atoms with Gasteiger partial charge in [-0.1, -0.05) is 0 Å². The summed E-state index contributed by atoms with van der Waals surface area (Å²) in [4.78, 5) is 17.8. The summed E-state index contributed by atoms with van der Waals surface area (Å²) in [5, 5.41) is 13.3. The van der Waals surface area contributed by atoms with Gasteiger partial charge in [-0.25, -0.2) is 4.79 Å². The summed E-state index contributed by atoms with van der Waals surface area (Å²) in [5.74, 6) is 1.31. The average molecular weight is 309 g/mol. The van der Waals surface area contributed by atoms with E-state index in [9.17, 15) is 4.79 Å². The van der Waals surface area contributed by atoms with Gasteiger partial charge in [-0.05, 0) is 47.9 Å². The molecule has 1 aromatic carbocycles. The molecule has 0 saturated carbocycles. The monoisotopic (exact) mass is 309 g/mol. The zero-order chi connectivity index (χ0) is 16.4. The van der Waals surface area contributed by atoms with Gasteiger partial charge in [0.25, 0.3) is 0 Å². The van der Waals surface area contributed by atoms with E-state index in [1.165, 1.54) is 12.4 Å². The number of hydrogen-bond donors (Lipinski definition) is 1. The van der Waals surface area contributed by atoms with Crippen LogP contribution in [0.15, 0.2) is 47.8 Å². The van der Waals surface area contributed by atoms with Crippen molar-refractivity contribution < 1.29 is 14.6 Å². The lowest BCUT2D eigenvalue weighted by Crippen LogP contribution is -2.05. The molecule has 2 aromatic heterocycles. The molecule has 8 nitrogen and oxygen atoms in total. The molecule has 3 rings (SSSR count). The molecule has 2 heterocycles. The fourth-order valence-electron chi connectivity index (χ4n) is 2.24. The molecule has 3 aromatic rings. The average Bonchev–Trinajstić information content (AvgIpc) is 2.95. The van der Waals surface area contributed by atoms with Crippen molar-refractivity contribution in [3.8, 4) is 11.5 Å². The van der Waals surface area contributed by atoms with E-state index in [1.54, 1.807) is 37.3 Å². The van der Waals surface area contributed by atoms with Crippen molar-refractivity contribution in [3.05, 3.63) is 58.7 Å². The number of azide groups is 1. The lowest BCUT2D eigenvalue weighted by Gasteiger charge is -2.10. The van der Waals surface area contributed by atoms with E-state index in [-0.39, 0.29) is 5.82 Å². The first kappa shape index (κ1) is 14.4. The quantitative estimate of drug-likeness (QED) is 0.432. The van der Waals surface area contributed by atoms with Gasteiger partial charge in [0.05, 0.1) is 5.52 Å². The lowest BCUT2D eigenvalue weighted by molar-refractivity contribution is 0.197. The van der Waals surface area contributed by atoms with Crippen LogP contribution in [0.1, 0.15) is 5.56 Å². The molecule has 0 aliphatic rings.